The van der Waals surface area contributed by atoms with Crippen molar-refractivity contribution in [2.45, 2.75) is 39.8 Å². The van der Waals surface area contributed by atoms with E-state index in [9.17, 15) is 0 Å². The number of nitrogens with zero attached hydrogens (tertiary/aromatic N) is 3. The SMILES string of the molecule is Cc1cccc(N(C)c2ccc(CNC(C)(C)C)nn2)c1. The van der Waals surface area contributed by atoms with Crippen molar-refractivity contribution in [2.24, 2.45) is 0 Å². The highest BCUT2D eigenvalue weighted by Crippen LogP contribution is 2.21. The Kier molecular flexibility index (Phi) is 4.58. The van der Waals surface area contributed by atoms with Crippen molar-refractivity contribution >= 4 is 11.5 Å². The summed E-state index contributed by atoms with van der Waals surface area (Å²) in [6.07, 6.45) is 0. The van der Waals surface area contributed by atoms with Gasteiger partial charge in [-0.3, -0.25) is 0 Å². The first kappa shape index (κ1) is 15.4. The normalized spacial score (nSPS) is 11.5. The average molecular weight is 284 g/mol. The van der Waals surface area contributed by atoms with Crippen molar-refractivity contribution in [2.75, 3.05) is 11.9 Å². The van der Waals surface area contributed by atoms with E-state index >= 15 is 0 Å². The second-order valence-electron chi connectivity index (χ2n) is 6.38. The molecule has 0 amide bonds. The highest BCUT2D eigenvalue weighted by molar-refractivity contribution is 5.59. The molecule has 0 aliphatic heterocycles. The predicted octanol–water partition coefficient (Wildman–Crippen LogP) is 3.44. The molecule has 1 heterocycles. The lowest BCUT2D eigenvalue weighted by Crippen LogP contribution is -2.35. The Morgan fingerprint density at radius 3 is 2.43 bits per heavy atom. The van der Waals surface area contributed by atoms with Gasteiger partial charge in [0.05, 0.1) is 5.69 Å². The standard InChI is InChI=1S/C17H24N4/c1-13-7-6-8-15(11-13)21(5)16-10-9-14(19-20-16)12-18-17(2,3)4/h6-11,18H,12H2,1-5H3. The van der Waals surface area contributed by atoms with Crippen LogP contribution in [0.1, 0.15) is 32.0 Å². The summed E-state index contributed by atoms with van der Waals surface area (Å²) in [5, 5.41) is 12.0. The summed E-state index contributed by atoms with van der Waals surface area (Å²) in [4.78, 5) is 2.04. The summed E-state index contributed by atoms with van der Waals surface area (Å²) < 4.78 is 0. The van der Waals surface area contributed by atoms with Gasteiger partial charge in [-0.25, -0.2) is 0 Å². The van der Waals surface area contributed by atoms with E-state index in [0.29, 0.717) is 0 Å². The summed E-state index contributed by atoms with van der Waals surface area (Å²) in [7, 11) is 2.01. The summed E-state index contributed by atoms with van der Waals surface area (Å²) >= 11 is 0. The Morgan fingerprint density at radius 2 is 1.86 bits per heavy atom. The number of rotatable bonds is 4. The van der Waals surface area contributed by atoms with E-state index < -0.39 is 0 Å². The molecule has 21 heavy (non-hydrogen) atoms. The molecule has 4 nitrogen and oxygen atoms in total. The monoisotopic (exact) mass is 284 g/mol. The summed E-state index contributed by atoms with van der Waals surface area (Å²) in [5.74, 6) is 0.847. The van der Waals surface area contributed by atoms with Gasteiger partial charge in [0.2, 0.25) is 0 Å². The first-order chi connectivity index (χ1) is 9.85. The fourth-order valence-electron chi connectivity index (χ4n) is 1.95. The van der Waals surface area contributed by atoms with Crippen molar-refractivity contribution < 1.29 is 0 Å². The molecular formula is C17H24N4. The maximum absolute atomic E-state index is 4.32. The lowest BCUT2D eigenvalue weighted by atomic mass is 10.1. The molecule has 1 N–H and O–H groups in total. The molecule has 0 atom stereocenters. The molecule has 0 saturated carbocycles. The third-order valence-corrected chi connectivity index (χ3v) is 3.24. The van der Waals surface area contributed by atoms with E-state index in [4.69, 9.17) is 0 Å². The van der Waals surface area contributed by atoms with Crippen LogP contribution in [0.2, 0.25) is 0 Å². The maximum Gasteiger partial charge on any atom is 0.155 e. The molecule has 2 aromatic rings. The van der Waals surface area contributed by atoms with Gasteiger partial charge in [0.25, 0.3) is 0 Å². The molecule has 0 bridgehead atoms. The first-order valence-electron chi connectivity index (χ1n) is 7.23. The van der Waals surface area contributed by atoms with Gasteiger partial charge < -0.3 is 10.2 Å². The van der Waals surface area contributed by atoms with E-state index in [0.717, 1.165) is 23.7 Å². The van der Waals surface area contributed by atoms with E-state index in [1.807, 2.05) is 24.1 Å². The van der Waals surface area contributed by atoms with Gasteiger partial charge in [-0.05, 0) is 57.5 Å². The van der Waals surface area contributed by atoms with Gasteiger partial charge in [-0.2, -0.15) is 5.10 Å². The van der Waals surface area contributed by atoms with Crippen molar-refractivity contribution in [1.82, 2.24) is 15.5 Å². The van der Waals surface area contributed by atoms with Crippen molar-refractivity contribution in [3.63, 3.8) is 0 Å². The quantitative estimate of drug-likeness (QED) is 0.933. The summed E-state index contributed by atoms with van der Waals surface area (Å²) in [6, 6.07) is 12.4. The second-order valence-corrected chi connectivity index (χ2v) is 6.38. The van der Waals surface area contributed by atoms with Crippen LogP contribution in [0.25, 0.3) is 0 Å². The Labute approximate surface area is 127 Å². The maximum atomic E-state index is 4.32. The van der Waals surface area contributed by atoms with Crippen LogP contribution < -0.4 is 10.2 Å². The number of hydrogen-bond donors (Lipinski definition) is 1. The minimum Gasteiger partial charge on any atom is -0.328 e. The van der Waals surface area contributed by atoms with Crippen molar-refractivity contribution in [3.8, 4) is 0 Å². The Bertz CT molecular complexity index is 584. The molecule has 0 fully saturated rings. The fourth-order valence-corrected chi connectivity index (χ4v) is 1.95. The minimum absolute atomic E-state index is 0.0821. The van der Waals surface area contributed by atoms with Gasteiger partial charge in [0.15, 0.2) is 5.82 Å². The molecule has 0 aliphatic carbocycles. The van der Waals surface area contributed by atoms with Gasteiger partial charge >= 0.3 is 0 Å². The molecule has 1 aromatic carbocycles. The lowest BCUT2D eigenvalue weighted by Gasteiger charge is -2.21. The van der Waals surface area contributed by atoms with E-state index in [-0.39, 0.29) is 5.54 Å². The molecule has 0 aliphatic rings. The van der Waals surface area contributed by atoms with Crippen LogP contribution in [-0.4, -0.2) is 22.8 Å². The largest absolute Gasteiger partial charge is 0.328 e. The van der Waals surface area contributed by atoms with Crippen LogP contribution in [-0.2, 0) is 6.54 Å². The predicted molar refractivity (Wildman–Crippen MR) is 87.9 cm³/mol. The number of benzene rings is 1. The fraction of sp³-hybridized carbons (Fsp3) is 0.412. The molecule has 1 aromatic heterocycles. The van der Waals surface area contributed by atoms with E-state index in [1.165, 1.54) is 5.56 Å². The second kappa shape index (κ2) is 6.22. The highest BCUT2D eigenvalue weighted by atomic mass is 15.3. The zero-order valence-corrected chi connectivity index (χ0v) is 13.5. The Hall–Kier alpha value is -1.94. The zero-order chi connectivity index (χ0) is 15.5. The summed E-state index contributed by atoms with van der Waals surface area (Å²) in [6.45, 7) is 9.23. The number of nitrogens with one attached hydrogen (secondary N) is 1. The molecule has 4 heteroatoms. The molecular weight excluding hydrogens is 260 g/mol. The molecule has 0 radical (unpaired) electrons. The third-order valence-electron chi connectivity index (χ3n) is 3.24. The topological polar surface area (TPSA) is 41.0 Å². The Balaban J connectivity index is 2.08. The highest BCUT2D eigenvalue weighted by Gasteiger charge is 2.10. The van der Waals surface area contributed by atoms with Gasteiger partial charge in [0, 0.05) is 24.8 Å². The number of anilines is 2. The van der Waals surface area contributed by atoms with Crippen molar-refractivity contribution in [3.05, 3.63) is 47.7 Å². The zero-order valence-electron chi connectivity index (χ0n) is 13.5. The van der Waals surface area contributed by atoms with Crippen LogP contribution in [0.15, 0.2) is 36.4 Å². The molecule has 0 unspecified atom stereocenters. The number of aromatic nitrogens is 2. The Morgan fingerprint density at radius 1 is 1.10 bits per heavy atom. The van der Waals surface area contributed by atoms with Crippen LogP contribution in [0.3, 0.4) is 0 Å². The van der Waals surface area contributed by atoms with Crippen LogP contribution >= 0.6 is 0 Å². The van der Waals surface area contributed by atoms with Gasteiger partial charge in [-0.1, -0.05) is 12.1 Å². The lowest BCUT2D eigenvalue weighted by molar-refractivity contribution is 0.420. The van der Waals surface area contributed by atoms with Crippen LogP contribution in [0.4, 0.5) is 11.5 Å². The first-order valence-corrected chi connectivity index (χ1v) is 7.23. The minimum atomic E-state index is 0.0821. The van der Waals surface area contributed by atoms with Gasteiger partial charge in [-0.15, -0.1) is 5.10 Å². The van der Waals surface area contributed by atoms with E-state index in [1.54, 1.807) is 0 Å². The number of hydrogen-bond acceptors (Lipinski definition) is 4. The molecule has 2 rings (SSSR count). The average Bonchev–Trinajstić information content (AvgIpc) is 2.44. The third kappa shape index (κ3) is 4.53. The summed E-state index contributed by atoms with van der Waals surface area (Å²) in [5.41, 5.74) is 3.38. The van der Waals surface area contributed by atoms with Crippen LogP contribution in [0.5, 0.6) is 0 Å². The van der Waals surface area contributed by atoms with E-state index in [2.05, 4.69) is 67.5 Å². The van der Waals surface area contributed by atoms with Crippen molar-refractivity contribution in [1.29, 1.82) is 0 Å². The molecule has 0 saturated heterocycles. The van der Waals surface area contributed by atoms with Gasteiger partial charge in [0.1, 0.15) is 0 Å². The number of aryl methyl sites for hydroxylation is 1. The smallest absolute Gasteiger partial charge is 0.155 e. The molecule has 0 spiro atoms. The van der Waals surface area contributed by atoms with Crippen LogP contribution in [0, 0.1) is 6.92 Å². The molecule has 112 valence electrons.